The van der Waals surface area contributed by atoms with Gasteiger partial charge >= 0.3 is 5.97 Å². The van der Waals surface area contributed by atoms with Gasteiger partial charge in [-0.05, 0) is 31.7 Å². The normalized spacial score (nSPS) is 18.8. The van der Waals surface area contributed by atoms with Gasteiger partial charge in [0.1, 0.15) is 21.9 Å². The third-order valence-corrected chi connectivity index (χ3v) is 4.88. The van der Waals surface area contributed by atoms with E-state index in [2.05, 4.69) is 15.3 Å². The number of carbonyl (C=O) groups is 1. The topological polar surface area (TPSA) is 84.3 Å². The highest BCUT2D eigenvalue weighted by molar-refractivity contribution is 7.20. The van der Waals surface area contributed by atoms with Crippen LogP contribution in [0.4, 0.5) is 5.82 Å². The molecule has 0 spiro atoms. The summed E-state index contributed by atoms with van der Waals surface area (Å²) in [5.41, 5.74) is 0.718. The Bertz CT molecular complexity index is 665. The molecular weight excluding hydrogens is 290 g/mol. The van der Waals surface area contributed by atoms with Gasteiger partial charge in [0.15, 0.2) is 0 Å². The van der Waals surface area contributed by atoms with Crippen LogP contribution in [0.3, 0.4) is 0 Å². The Labute approximate surface area is 126 Å². The number of carboxylic acid groups (broad SMARTS) is 1. The zero-order valence-electron chi connectivity index (χ0n) is 11.8. The first-order valence-electron chi connectivity index (χ1n) is 6.99. The van der Waals surface area contributed by atoms with Gasteiger partial charge in [0.2, 0.25) is 0 Å². The van der Waals surface area contributed by atoms with E-state index in [9.17, 15) is 9.90 Å². The fraction of sp³-hybridized carbons (Fsp3) is 0.500. The van der Waals surface area contributed by atoms with Crippen LogP contribution in [-0.4, -0.2) is 40.3 Å². The molecule has 3 heterocycles. The third kappa shape index (κ3) is 2.84. The smallest absolute Gasteiger partial charge is 0.346 e. The van der Waals surface area contributed by atoms with E-state index in [1.807, 2.05) is 0 Å². The number of carboxylic acids is 1. The van der Waals surface area contributed by atoms with Crippen LogP contribution in [-0.2, 0) is 4.74 Å². The minimum atomic E-state index is -0.919. The summed E-state index contributed by atoms with van der Waals surface area (Å²) in [5.74, 6) is -0.229. The predicted molar refractivity (Wildman–Crippen MR) is 81.2 cm³/mol. The molecule has 6 nitrogen and oxygen atoms in total. The molecule has 0 bridgehead atoms. The van der Waals surface area contributed by atoms with E-state index in [0.717, 1.165) is 30.4 Å². The van der Waals surface area contributed by atoms with E-state index in [1.165, 1.54) is 24.1 Å². The maximum atomic E-state index is 11.2. The second kappa shape index (κ2) is 5.95. The second-order valence-electron chi connectivity index (χ2n) is 5.13. The fourth-order valence-electron chi connectivity index (χ4n) is 2.59. The van der Waals surface area contributed by atoms with Crippen LogP contribution >= 0.6 is 11.3 Å². The van der Waals surface area contributed by atoms with Crippen molar-refractivity contribution in [1.29, 1.82) is 0 Å². The summed E-state index contributed by atoms with van der Waals surface area (Å²) in [6, 6.07) is 0. The first-order chi connectivity index (χ1) is 10.2. The molecule has 1 aliphatic heterocycles. The number of hydrogen-bond acceptors (Lipinski definition) is 6. The number of hydrogen-bond donors (Lipinski definition) is 2. The lowest BCUT2D eigenvalue weighted by atomic mass is 10.1. The van der Waals surface area contributed by atoms with Gasteiger partial charge in [-0.15, -0.1) is 11.3 Å². The van der Waals surface area contributed by atoms with Gasteiger partial charge in [-0.25, -0.2) is 14.8 Å². The molecule has 1 atom stereocenters. The lowest BCUT2D eigenvalue weighted by Crippen LogP contribution is -2.27. The van der Waals surface area contributed by atoms with E-state index >= 15 is 0 Å². The predicted octanol–water partition coefficient (Wildman–Crippen LogP) is 2.68. The number of rotatable bonds is 4. The molecule has 0 amide bonds. The number of aromatic nitrogens is 2. The molecule has 2 N–H and O–H groups in total. The molecule has 3 rings (SSSR count). The summed E-state index contributed by atoms with van der Waals surface area (Å²) in [7, 11) is 0. The highest BCUT2D eigenvalue weighted by Crippen LogP contribution is 2.33. The van der Waals surface area contributed by atoms with Crippen molar-refractivity contribution in [3.05, 3.63) is 16.8 Å². The average molecular weight is 307 g/mol. The maximum absolute atomic E-state index is 11.2. The number of nitrogens with one attached hydrogen (secondary N) is 1. The number of ether oxygens (including phenoxy) is 1. The number of aromatic carboxylic acids is 1. The Morgan fingerprint density at radius 2 is 2.38 bits per heavy atom. The quantitative estimate of drug-likeness (QED) is 0.903. The molecule has 2 aromatic rings. The van der Waals surface area contributed by atoms with Crippen molar-refractivity contribution in [2.24, 2.45) is 0 Å². The van der Waals surface area contributed by atoms with Crippen molar-refractivity contribution >= 4 is 33.3 Å². The van der Waals surface area contributed by atoms with Gasteiger partial charge in [-0.1, -0.05) is 0 Å². The van der Waals surface area contributed by atoms with Crippen molar-refractivity contribution in [2.75, 3.05) is 18.5 Å². The van der Waals surface area contributed by atoms with Crippen molar-refractivity contribution in [2.45, 2.75) is 32.3 Å². The molecule has 7 heteroatoms. The first-order valence-corrected chi connectivity index (χ1v) is 7.81. The van der Waals surface area contributed by atoms with Crippen molar-refractivity contribution < 1.29 is 14.6 Å². The molecule has 0 aromatic carbocycles. The minimum Gasteiger partial charge on any atom is -0.477 e. The van der Waals surface area contributed by atoms with Crippen LogP contribution < -0.4 is 5.32 Å². The summed E-state index contributed by atoms with van der Waals surface area (Å²) in [6.07, 6.45) is 5.02. The Morgan fingerprint density at radius 3 is 3.10 bits per heavy atom. The van der Waals surface area contributed by atoms with Gasteiger partial charge in [0.05, 0.1) is 11.5 Å². The minimum absolute atomic E-state index is 0.196. The number of thiophene rings is 1. The Kier molecular flexibility index (Phi) is 4.03. The molecule has 2 aromatic heterocycles. The zero-order valence-corrected chi connectivity index (χ0v) is 12.6. The van der Waals surface area contributed by atoms with Crippen LogP contribution in [0.5, 0.6) is 0 Å². The molecular formula is C14H17N3O3S. The zero-order chi connectivity index (χ0) is 14.8. The molecule has 1 aliphatic rings. The van der Waals surface area contributed by atoms with E-state index in [4.69, 9.17) is 4.74 Å². The largest absolute Gasteiger partial charge is 0.477 e. The highest BCUT2D eigenvalue weighted by atomic mass is 32.1. The van der Waals surface area contributed by atoms with Gasteiger partial charge in [-0.3, -0.25) is 0 Å². The van der Waals surface area contributed by atoms with Crippen LogP contribution in [0.25, 0.3) is 10.2 Å². The molecule has 21 heavy (non-hydrogen) atoms. The van der Waals surface area contributed by atoms with Crippen molar-refractivity contribution in [3.63, 3.8) is 0 Å². The lowest BCUT2D eigenvalue weighted by molar-refractivity contribution is 0.0247. The van der Waals surface area contributed by atoms with Gasteiger partial charge < -0.3 is 15.2 Å². The van der Waals surface area contributed by atoms with Crippen LogP contribution in [0, 0.1) is 6.92 Å². The van der Waals surface area contributed by atoms with E-state index in [-0.39, 0.29) is 6.10 Å². The van der Waals surface area contributed by atoms with E-state index in [1.54, 1.807) is 6.92 Å². The monoisotopic (exact) mass is 307 g/mol. The summed E-state index contributed by atoms with van der Waals surface area (Å²) >= 11 is 1.19. The van der Waals surface area contributed by atoms with Crippen molar-refractivity contribution in [1.82, 2.24) is 9.97 Å². The standard InChI is InChI=1S/C14H17N3O3S/c1-8-10-12(15-6-9-4-2-3-5-20-9)16-7-17-13(10)21-11(8)14(18)19/h7,9H,2-6H2,1H3,(H,18,19)(H,15,16,17). The average Bonchev–Trinajstić information content (AvgIpc) is 2.84. The Morgan fingerprint density at radius 1 is 1.52 bits per heavy atom. The summed E-state index contributed by atoms with van der Waals surface area (Å²) < 4.78 is 5.69. The van der Waals surface area contributed by atoms with Crippen molar-refractivity contribution in [3.8, 4) is 0 Å². The number of aryl methyl sites for hydroxylation is 1. The van der Waals surface area contributed by atoms with Gasteiger partial charge in [0, 0.05) is 13.2 Å². The number of nitrogens with zero attached hydrogens (tertiary/aromatic N) is 2. The summed E-state index contributed by atoms with van der Waals surface area (Å²) in [4.78, 5) is 20.7. The van der Waals surface area contributed by atoms with E-state index < -0.39 is 5.97 Å². The molecule has 1 unspecified atom stereocenters. The summed E-state index contributed by atoms with van der Waals surface area (Å²) in [5, 5.41) is 13.3. The Balaban J connectivity index is 1.86. The molecule has 0 radical (unpaired) electrons. The maximum Gasteiger partial charge on any atom is 0.346 e. The van der Waals surface area contributed by atoms with Crippen LogP contribution in [0.15, 0.2) is 6.33 Å². The Hall–Kier alpha value is -1.73. The van der Waals surface area contributed by atoms with Gasteiger partial charge in [-0.2, -0.15) is 0 Å². The number of anilines is 1. The molecule has 1 fully saturated rings. The highest BCUT2D eigenvalue weighted by Gasteiger charge is 2.19. The third-order valence-electron chi connectivity index (χ3n) is 3.69. The molecule has 0 aliphatic carbocycles. The fourth-order valence-corrected chi connectivity index (χ4v) is 3.58. The first kappa shape index (κ1) is 14.2. The van der Waals surface area contributed by atoms with Gasteiger partial charge in [0.25, 0.3) is 0 Å². The number of fused-ring (bicyclic) bond motifs is 1. The lowest BCUT2D eigenvalue weighted by Gasteiger charge is -2.23. The SMILES string of the molecule is Cc1c(C(=O)O)sc2ncnc(NCC3CCCCO3)c12. The second-order valence-corrected chi connectivity index (χ2v) is 6.13. The van der Waals surface area contributed by atoms with Crippen LogP contribution in [0.2, 0.25) is 0 Å². The van der Waals surface area contributed by atoms with E-state index in [0.29, 0.717) is 22.1 Å². The molecule has 0 saturated carbocycles. The molecule has 112 valence electrons. The molecule has 1 saturated heterocycles. The summed E-state index contributed by atoms with van der Waals surface area (Å²) in [6.45, 7) is 3.30. The van der Waals surface area contributed by atoms with Crippen LogP contribution in [0.1, 0.15) is 34.5 Å².